The molecule has 6 heteroatoms. The third-order valence-corrected chi connectivity index (χ3v) is 4.05. The maximum atomic E-state index is 11.1. The summed E-state index contributed by atoms with van der Waals surface area (Å²) in [5.74, 6) is 0. The Morgan fingerprint density at radius 2 is 2.00 bits per heavy atom. The first-order valence-electron chi connectivity index (χ1n) is 6.86. The molecule has 0 atom stereocenters. The van der Waals surface area contributed by atoms with Crippen molar-refractivity contribution >= 4 is 5.69 Å². The van der Waals surface area contributed by atoms with Crippen molar-refractivity contribution in [1.29, 1.82) is 0 Å². The van der Waals surface area contributed by atoms with Crippen LogP contribution < -0.4 is 5.32 Å². The van der Waals surface area contributed by atoms with Gasteiger partial charge in [-0.3, -0.25) is 15.1 Å². The summed E-state index contributed by atoms with van der Waals surface area (Å²) >= 11 is 0. The third-order valence-electron chi connectivity index (χ3n) is 4.05. The predicted octanol–water partition coefficient (Wildman–Crippen LogP) is 2.25. The summed E-state index contributed by atoms with van der Waals surface area (Å²) in [6.07, 6.45) is 3.10. The van der Waals surface area contributed by atoms with E-state index in [4.69, 9.17) is 0 Å². The summed E-state index contributed by atoms with van der Waals surface area (Å²) in [5, 5.41) is 23.9. The van der Waals surface area contributed by atoms with Crippen molar-refractivity contribution in [3.63, 3.8) is 0 Å². The van der Waals surface area contributed by atoms with Gasteiger partial charge in [-0.1, -0.05) is 13.8 Å². The standard InChI is InChI=1S/C14H23N3O3/c1-5-14(6-2,9-18)16-8-12-11(4)13(17(19)20)10(3)7-15-12/h7,16,18H,5-6,8-9H2,1-4H3. The van der Waals surface area contributed by atoms with E-state index in [0.29, 0.717) is 23.4 Å². The molecule has 20 heavy (non-hydrogen) atoms. The van der Waals surface area contributed by atoms with E-state index in [1.807, 2.05) is 13.8 Å². The number of nitro groups is 1. The Morgan fingerprint density at radius 1 is 1.40 bits per heavy atom. The second-order valence-electron chi connectivity index (χ2n) is 5.12. The molecule has 1 heterocycles. The van der Waals surface area contributed by atoms with Gasteiger partial charge in [0.1, 0.15) is 0 Å². The first-order valence-corrected chi connectivity index (χ1v) is 6.86. The Kier molecular flexibility index (Phi) is 5.59. The van der Waals surface area contributed by atoms with Crippen LogP contribution in [0.15, 0.2) is 6.20 Å². The molecule has 0 bridgehead atoms. The predicted molar refractivity (Wildman–Crippen MR) is 77.6 cm³/mol. The van der Waals surface area contributed by atoms with E-state index >= 15 is 0 Å². The van der Waals surface area contributed by atoms with Crippen LogP contribution in [0.5, 0.6) is 0 Å². The van der Waals surface area contributed by atoms with Gasteiger partial charge in [0.15, 0.2) is 0 Å². The zero-order valence-corrected chi connectivity index (χ0v) is 12.6. The van der Waals surface area contributed by atoms with Gasteiger partial charge in [0.2, 0.25) is 0 Å². The Balaban J connectivity index is 3.00. The molecule has 0 amide bonds. The first kappa shape index (κ1) is 16.5. The highest BCUT2D eigenvalue weighted by Crippen LogP contribution is 2.24. The van der Waals surface area contributed by atoms with Gasteiger partial charge >= 0.3 is 0 Å². The molecule has 0 aliphatic carbocycles. The number of hydrogen-bond donors (Lipinski definition) is 2. The lowest BCUT2D eigenvalue weighted by Crippen LogP contribution is -2.47. The smallest absolute Gasteiger partial charge is 0.278 e. The number of aliphatic hydroxyl groups excluding tert-OH is 1. The van der Waals surface area contributed by atoms with Crippen LogP contribution in [0.1, 0.15) is 43.5 Å². The second-order valence-corrected chi connectivity index (χ2v) is 5.12. The van der Waals surface area contributed by atoms with E-state index in [0.717, 1.165) is 12.8 Å². The Labute approximate surface area is 119 Å². The summed E-state index contributed by atoms with van der Waals surface area (Å²) < 4.78 is 0. The molecule has 1 aromatic rings. The number of aryl methyl sites for hydroxylation is 1. The maximum absolute atomic E-state index is 11.1. The molecule has 0 aliphatic heterocycles. The summed E-state index contributed by atoms with van der Waals surface area (Å²) in [6, 6.07) is 0. The fraction of sp³-hybridized carbons (Fsp3) is 0.643. The molecule has 0 saturated heterocycles. The molecule has 0 fully saturated rings. The second kappa shape index (κ2) is 6.76. The molecule has 0 saturated carbocycles. The lowest BCUT2D eigenvalue weighted by molar-refractivity contribution is -0.386. The summed E-state index contributed by atoms with van der Waals surface area (Å²) in [5.41, 5.74) is 1.58. The largest absolute Gasteiger partial charge is 0.394 e. The van der Waals surface area contributed by atoms with Crippen molar-refractivity contribution < 1.29 is 10.0 Å². The van der Waals surface area contributed by atoms with Crippen LogP contribution in [0.25, 0.3) is 0 Å². The average molecular weight is 281 g/mol. The van der Waals surface area contributed by atoms with Gasteiger partial charge in [-0.25, -0.2) is 0 Å². The van der Waals surface area contributed by atoms with Crippen LogP contribution in [0.4, 0.5) is 5.69 Å². The van der Waals surface area contributed by atoms with Gasteiger partial charge in [0, 0.05) is 29.4 Å². The molecule has 2 N–H and O–H groups in total. The van der Waals surface area contributed by atoms with Crippen LogP contribution in [-0.2, 0) is 6.54 Å². The van der Waals surface area contributed by atoms with Gasteiger partial charge in [-0.05, 0) is 26.7 Å². The number of pyridine rings is 1. The molecular weight excluding hydrogens is 258 g/mol. The minimum absolute atomic E-state index is 0.0347. The van der Waals surface area contributed by atoms with E-state index in [-0.39, 0.29) is 22.8 Å². The SMILES string of the molecule is CCC(CC)(CO)NCc1ncc(C)c([N+](=O)[O-])c1C. The van der Waals surface area contributed by atoms with E-state index in [2.05, 4.69) is 10.3 Å². The number of aromatic nitrogens is 1. The number of rotatable bonds is 7. The summed E-state index contributed by atoms with van der Waals surface area (Å²) in [7, 11) is 0. The number of aliphatic hydroxyl groups is 1. The van der Waals surface area contributed by atoms with Crippen molar-refractivity contribution in [2.75, 3.05) is 6.61 Å². The number of hydrogen-bond acceptors (Lipinski definition) is 5. The molecule has 0 spiro atoms. The highest BCUT2D eigenvalue weighted by molar-refractivity contribution is 5.47. The minimum Gasteiger partial charge on any atom is -0.394 e. The van der Waals surface area contributed by atoms with Gasteiger partial charge in [0.25, 0.3) is 5.69 Å². The highest BCUT2D eigenvalue weighted by atomic mass is 16.6. The Morgan fingerprint density at radius 3 is 2.45 bits per heavy atom. The summed E-state index contributed by atoms with van der Waals surface area (Å²) in [6.45, 7) is 7.86. The Bertz CT molecular complexity index is 477. The van der Waals surface area contributed by atoms with Gasteiger partial charge in [-0.15, -0.1) is 0 Å². The zero-order valence-electron chi connectivity index (χ0n) is 12.6. The van der Waals surface area contributed by atoms with E-state index in [9.17, 15) is 15.2 Å². The van der Waals surface area contributed by atoms with Crippen molar-refractivity contribution in [3.8, 4) is 0 Å². The van der Waals surface area contributed by atoms with Crippen molar-refractivity contribution in [1.82, 2.24) is 10.3 Å². The lowest BCUT2D eigenvalue weighted by atomic mass is 9.93. The third kappa shape index (κ3) is 3.32. The van der Waals surface area contributed by atoms with Crippen molar-refractivity contribution in [2.24, 2.45) is 0 Å². The quantitative estimate of drug-likeness (QED) is 0.591. The van der Waals surface area contributed by atoms with E-state index in [1.54, 1.807) is 13.8 Å². The molecule has 6 nitrogen and oxygen atoms in total. The van der Waals surface area contributed by atoms with Gasteiger partial charge in [0.05, 0.1) is 17.2 Å². The molecule has 1 rings (SSSR count). The molecule has 0 aliphatic rings. The average Bonchev–Trinajstić information content (AvgIpc) is 2.42. The fourth-order valence-corrected chi connectivity index (χ4v) is 2.28. The lowest BCUT2D eigenvalue weighted by Gasteiger charge is -2.31. The van der Waals surface area contributed by atoms with Crippen LogP contribution in [-0.4, -0.2) is 27.2 Å². The molecule has 0 aromatic carbocycles. The van der Waals surface area contributed by atoms with Crippen LogP contribution in [0.2, 0.25) is 0 Å². The Hall–Kier alpha value is -1.53. The van der Waals surface area contributed by atoms with Crippen LogP contribution >= 0.6 is 0 Å². The van der Waals surface area contributed by atoms with Crippen molar-refractivity contribution in [3.05, 3.63) is 33.1 Å². The normalized spacial score (nSPS) is 11.7. The molecule has 0 unspecified atom stereocenters. The fourth-order valence-electron chi connectivity index (χ4n) is 2.28. The summed E-state index contributed by atoms with van der Waals surface area (Å²) in [4.78, 5) is 15.0. The molecule has 112 valence electrons. The van der Waals surface area contributed by atoms with Gasteiger partial charge < -0.3 is 10.4 Å². The number of nitrogens with one attached hydrogen (secondary N) is 1. The monoisotopic (exact) mass is 281 g/mol. The maximum Gasteiger partial charge on any atom is 0.278 e. The molecule has 0 radical (unpaired) electrons. The molecule has 1 aromatic heterocycles. The van der Waals surface area contributed by atoms with Crippen molar-refractivity contribution in [2.45, 2.75) is 52.6 Å². The number of nitrogens with zero attached hydrogens (tertiary/aromatic N) is 2. The van der Waals surface area contributed by atoms with E-state index < -0.39 is 0 Å². The minimum atomic E-state index is -0.366. The van der Waals surface area contributed by atoms with Crippen LogP contribution in [0, 0.1) is 24.0 Å². The molecular formula is C14H23N3O3. The van der Waals surface area contributed by atoms with Crippen LogP contribution in [0.3, 0.4) is 0 Å². The highest BCUT2D eigenvalue weighted by Gasteiger charge is 2.26. The first-order chi connectivity index (χ1) is 9.40. The van der Waals surface area contributed by atoms with Gasteiger partial charge in [-0.2, -0.15) is 0 Å². The zero-order chi connectivity index (χ0) is 15.3. The topological polar surface area (TPSA) is 88.3 Å². The van der Waals surface area contributed by atoms with E-state index in [1.165, 1.54) is 6.20 Å².